The number of amides is 1. The summed E-state index contributed by atoms with van der Waals surface area (Å²) in [4.78, 5) is 11.6. The molecule has 1 unspecified atom stereocenters. The minimum absolute atomic E-state index is 0.0432. The van der Waals surface area contributed by atoms with Gasteiger partial charge in [0.15, 0.2) is 0 Å². The molecule has 94 valence electrons. The van der Waals surface area contributed by atoms with Crippen LogP contribution in [0.15, 0.2) is 28.7 Å². The van der Waals surface area contributed by atoms with Gasteiger partial charge < -0.3 is 10.6 Å². The molecule has 1 rings (SSSR count). The first kappa shape index (κ1) is 14.2. The minimum atomic E-state index is 0.0432. The lowest BCUT2D eigenvalue weighted by atomic mass is 10.1. The maximum atomic E-state index is 11.6. The normalized spacial score (nSPS) is 12.2. The Morgan fingerprint density at radius 3 is 2.88 bits per heavy atom. The van der Waals surface area contributed by atoms with Crippen LogP contribution in [0.4, 0.5) is 0 Å². The molecule has 4 heteroatoms. The van der Waals surface area contributed by atoms with E-state index in [0.717, 1.165) is 23.1 Å². The van der Waals surface area contributed by atoms with Gasteiger partial charge in [0, 0.05) is 17.4 Å². The fraction of sp³-hybridized carbons (Fsp3) is 0.462. The molecule has 0 heterocycles. The second-order valence-corrected chi connectivity index (χ2v) is 4.86. The zero-order valence-electron chi connectivity index (χ0n) is 10.3. The third-order valence-corrected chi connectivity index (χ3v) is 3.00. The van der Waals surface area contributed by atoms with Crippen molar-refractivity contribution in [2.24, 2.45) is 0 Å². The number of carbonyl (C=O) groups is 1. The second kappa shape index (κ2) is 7.45. The van der Waals surface area contributed by atoms with Crippen LogP contribution < -0.4 is 10.6 Å². The lowest BCUT2D eigenvalue weighted by Crippen LogP contribution is -2.29. The molecule has 1 aromatic rings. The number of hydrogen-bond acceptors (Lipinski definition) is 2. The number of rotatable bonds is 6. The minimum Gasteiger partial charge on any atom is -0.350 e. The van der Waals surface area contributed by atoms with E-state index < -0.39 is 0 Å². The van der Waals surface area contributed by atoms with Gasteiger partial charge in [-0.1, -0.05) is 35.0 Å². The molecule has 0 saturated carbocycles. The number of nitrogens with one attached hydrogen (secondary N) is 2. The molecule has 0 radical (unpaired) electrons. The molecule has 0 aromatic heterocycles. The highest BCUT2D eigenvalue weighted by Gasteiger charge is 2.09. The molecule has 1 atom stereocenters. The van der Waals surface area contributed by atoms with Gasteiger partial charge in [-0.15, -0.1) is 0 Å². The first-order valence-corrected chi connectivity index (χ1v) is 6.68. The summed E-state index contributed by atoms with van der Waals surface area (Å²) < 4.78 is 1.03. The van der Waals surface area contributed by atoms with Crippen LogP contribution in [0, 0.1) is 0 Å². The Hall–Kier alpha value is -0.870. The zero-order valence-corrected chi connectivity index (χ0v) is 11.9. The molecule has 0 aliphatic rings. The van der Waals surface area contributed by atoms with Crippen LogP contribution in [-0.2, 0) is 4.79 Å². The van der Waals surface area contributed by atoms with Gasteiger partial charge in [0.2, 0.25) is 5.91 Å². The third-order valence-electron chi connectivity index (χ3n) is 2.51. The van der Waals surface area contributed by atoms with E-state index in [1.807, 2.05) is 38.1 Å². The van der Waals surface area contributed by atoms with E-state index >= 15 is 0 Å². The van der Waals surface area contributed by atoms with Gasteiger partial charge in [0.1, 0.15) is 0 Å². The summed E-state index contributed by atoms with van der Waals surface area (Å²) in [6.45, 7) is 5.65. The maximum absolute atomic E-state index is 11.6. The van der Waals surface area contributed by atoms with Crippen molar-refractivity contribution in [1.82, 2.24) is 10.6 Å². The van der Waals surface area contributed by atoms with E-state index in [4.69, 9.17) is 0 Å². The van der Waals surface area contributed by atoms with Crippen molar-refractivity contribution < 1.29 is 4.79 Å². The van der Waals surface area contributed by atoms with Crippen LogP contribution in [-0.4, -0.2) is 19.0 Å². The quantitative estimate of drug-likeness (QED) is 0.793. The fourth-order valence-electron chi connectivity index (χ4n) is 1.55. The Morgan fingerprint density at radius 2 is 2.24 bits per heavy atom. The van der Waals surface area contributed by atoms with Crippen molar-refractivity contribution in [2.75, 3.05) is 13.1 Å². The molecule has 17 heavy (non-hydrogen) atoms. The summed E-state index contributed by atoms with van der Waals surface area (Å²) in [7, 11) is 0. The molecule has 0 fully saturated rings. The van der Waals surface area contributed by atoms with E-state index in [-0.39, 0.29) is 11.9 Å². The van der Waals surface area contributed by atoms with Gasteiger partial charge in [-0.05, 0) is 31.2 Å². The number of hydrogen-bond donors (Lipinski definition) is 2. The van der Waals surface area contributed by atoms with Gasteiger partial charge >= 0.3 is 0 Å². The first-order chi connectivity index (χ1) is 8.13. The molecule has 0 bridgehead atoms. The highest BCUT2D eigenvalue weighted by Crippen LogP contribution is 2.17. The van der Waals surface area contributed by atoms with E-state index in [1.165, 1.54) is 0 Å². The predicted octanol–water partition coefficient (Wildman–Crippen LogP) is 2.63. The monoisotopic (exact) mass is 298 g/mol. The Morgan fingerprint density at radius 1 is 1.47 bits per heavy atom. The van der Waals surface area contributed by atoms with Crippen molar-refractivity contribution >= 4 is 21.8 Å². The first-order valence-electron chi connectivity index (χ1n) is 5.89. The molecule has 1 amide bonds. The Labute approximate surface area is 111 Å². The van der Waals surface area contributed by atoms with Gasteiger partial charge in [0.25, 0.3) is 0 Å². The number of halogens is 1. The maximum Gasteiger partial charge on any atom is 0.221 e. The Balaban J connectivity index is 2.43. The van der Waals surface area contributed by atoms with Crippen molar-refractivity contribution in [3.63, 3.8) is 0 Å². The van der Waals surface area contributed by atoms with Crippen LogP contribution in [0.25, 0.3) is 0 Å². The predicted molar refractivity (Wildman–Crippen MR) is 73.9 cm³/mol. The summed E-state index contributed by atoms with van der Waals surface area (Å²) >= 11 is 3.43. The molecule has 0 saturated heterocycles. The third kappa shape index (κ3) is 5.33. The standard InChI is InChI=1S/C13H19BrN2O/c1-3-15-8-7-13(17)16-10(2)11-5-4-6-12(14)9-11/h4-6,9-10,15H,3,7-8H2,1-2H3,(H,16,17). The molecule has 3 nitrogen and oxygen atoms in total. The molecule has 0 aliphatic heterocycles. The highest BCUT2D eigenvalue weighted by molar-refractivity contribution is 9.10. The second-order valence-electron chi connectivity index (χ2n) is 3.95. The van der Waals surface area contributed by atoms with Crippen molar-refractivity contribution in [2.45, 2.75) is 26.3 Å². The van der Waals surface area contributed by atoms with Crippen LogP contribution in [0.1, 0.15) is 31.9 Å². The van der Waals surface area contributed by atoms with Gasteiger partial charge in [-0.2, -0.15) is 0 Å². The lowest BCUT2D eigenvalue weighted by Gasteiger charge is -2.14. The summed E-state index contributed by atoms with van der Waals surface area (Å²) in [5.74, 6) is 0.0819. The van der Waals surface area contributed by atoms with Crippen LogP contribution >= 0.6 is 15.9 Å². The molecular formula is C13H19BrN2O. The van der Waals surface area contributed by atoms with Gasteiger partial charge in [-0.25, -0.2) is 0 Å². The SMILES string of the molecule is CCNCCC(=O)NC(C)c1cccc(Br)c1. The van der Waals surface area contributed by atoms with E-state index in [1.54, 1.807) is 0 Å². The van der Waals surface area contributed by atoms with Crippen LogP contribution in [0.2, 0.25) is 0 Å². The van der Waals surface area contributed by atoms with Crippen molar-refractivity contribution in [3.05, 3.63) is 34.3 Å². The summed E-state index contributed by atoms with van der Waals surface area (Å²) in [5.41, 5.74) is 1.11. The Kier molecular flexibility index (Phi) is 6.22. The van der Waals surface area contributed by atoms with Crippen molar-refractivity contribution in [1.29, 1.82) is 0 Å². The summed E-state index contributed by atoms with van der Waals surface area (Å²) in [6, 6.07) is 8.03. The summed E-state index contributed by atoms with van der Waals surface area (Å²) in [6.07, 6.45) is 0.520. The fourth-order valence-corrected chi connectivity index (χ4v) is 1.97. The topological polar surface area (TPSA) is 41.1 Å². The zero-order chi connectivity index (χ0) is 12.7. The molecule has 2 N–H and O–H groups in total. The number of carbonyl (C=O) groups excluding carboxylic acids is 1. The molecule has 1 aromatic carbocycles. The average molecular weight is 299 g/mol. The summed E-state index contributed by atoms with van der Waals surface area (Å²) in [5, 5.41) is 6.12. The van der Waals surface area contributed by atoms with E-state index in [0.29, 0.717) is 6.42 Å². The number of benzene rings is 1. The highest BCUT2D eigenvalue weighted by atomic mass is 79.9. The van der Waals surface area contributed by atoms with Crippen LogP contribution in [0.5, 0.6) is 0 Å². The lowest BCUT2D eigenvalue weighted by molar-refractivity contribution is -0.121. The molecule has 0 aliphatic carbocycles. The smallest absolute Gasteiger partial charge is 0.221 e. The van der Waals surface area contributed by atoms with E-state index in [2.05, 4.69) is 26.6 Å². The largest absolute Gasteiger partial charge is 0.350 e. The van der Waals surface area contributed by atoms with Gasteiger partial charge in [0.05, 0.1) is 6.04 Å². The average Bonchev–Trinajstić information content (AvgIpc) is 2.29. The molecular weight excluding hydrogens is 280 g/mol. The van der Waals surface area contributed by atoms with E-state index in [9.17, 15) is 4.79 Å². The van der Waals surface area contributed by atoms with Crippen LogP contribution in [0.3, 0.4) is 0 Å². The van der Waals surface area contributed by atoms with Gasteiger partial charge in [-0.3, -0.25) is 4.79 Å². The van der Waals surface area contributed by atoms with Crippen molar-refractivity contribution in [3.8, 4) is 0 Å². The molecule has 0 spiro atoms. The Bertz CT molecular complexity index is 368.